The Hall–Kier alpha value is -0.690. The lowest BCUT2D eigenvalue weighted by Gasteiger charge is -2.27. The molecular formula is C13H21NO3S2. The van der Waals surface area contributed by atoms with Crippen molar-refractivity contribution < 1.29 is 13.5 Å². The highest BCUT2D eigenvalue weighted by molar-refractivity contribution is 7.91. The van der Waals surface area contributed by atoms with E-state index in [1.54, 1.807) is 17.5 Å². The van der Waals surface area contributed by atoms with E-state index in [2.05, 4.69) is 6.58 Å². The van der Waals surface area contributed by atoms with Crippen LogP contribution in [0.15, 0.2) is 28.3 Å². The van der Waals surface area contributed by atoms with Crippen LogP contribution in [0.1, 0.15) is 38.2 Å². The second kappa shape index (κ2) is 6.65. The highest BCUT2D eigenvalue weighted by atomic mass is 32.2. The third-order valence-electron chi connectivity index (χ3n) is 3.36. The van der Waals surface area contributed by atoms with Crippen LogP contribution in [0.25, 0.3) is 0 Å². The molecule has 3 N–H and O–H groups in total. The first-order chi connectivity index (χ1) is 8.82. The van der Waals surface area contributed by atoms with Crippen LogP contribution < -0.4 is 5.14 Å². The van der Waals surface area contributed by atoms with Crippen LogP contribution >= 0.6 is 11.3 Å². The lowest BCUT2D eigenvalue weighted by molar-refractivity contribution is 0.119. The maximum Gasteiger partial charge on any atom is 0.247 e. The average molecular weight is 303 g/mol. The highest BCUT2D eigenvalue weighted by Gasteiger charge is 2.30. The molecule has 0 saturated carbocycles. The molecule has 0 aromatic carbocycles. The lowest BCUT2D eigenvalue weighted by atomic mass is 9.81. The minimum Gasteiger partial charge on any atom is -0.392 e. The summed E-state index contributed by atoms with van der Waals surface area (Å²) in [5, 5.41) is 17.2. The van der Waals surface area contributed by atoms with Crippen molar-refractivity contribution in [1.82, 2.24) is 0 Å². The zero-order valence-corrected chi connectivity index (χ0v) is 12.9. The van der Waals surface area contributed by atoms with E-state index < -0.39 is 16.1 Å². The van der Waals surface area contributed by atoms with Gasteiger partial charge in [-0.1, -0.05) is 26.3 Å². The third kappa shape index (κ3) is 3.89. The van der Waals surface area contributed by atoms with Crippen LogP contribution in [0.4, 0.5) is 0 Å². The smallest absolute Gasteiger partial charge is 0.247 e. The Morgan fingerprint density at radius 3 is 2.68 bits per heavy atom. The lowest BCUT2D eigenvalue weighted by Crippen LogP contribution is -2.26. The van der Waals surface area contributed by atoms with E-state index in [9.17, 15) is 13.5 Å². The molecule has 0 fully saturated rings. The summed E-state index contributed by atoms with van der Waals surface area (Å²) in [5.74, 6) is -0.0902. The fraction of sp³-hybridized carbons (Fsp3) is 0.538. The van der Waals surface area contributed by atoms with Gasteiger partial charge < -0.3 is 5.11 Å². The summed E-state index contributed by atoms with van der Waals surface area (Å²) in [6.07, 6.45) is 2.26. The van der Waals surface area contributed by atoms with Crippen LogP contribution in [0, 0.1) is 5.92 Å². The van der Waals surface area contributed by atoms with Gasteiger partial charge in [0.15, 0.2) is 0 Å². The first kappa shape index (κ1) is 16.4. The van der Waals surface area contributed by atoms with Gasteiger partial charge in [0.2, 0.25) is 10.0 Å². The molecule has 0 aliphatic rings. The van der Waals surface area contributed by atoms with Crippen LogP contribution in [-0.2, 0) is 10.0 Å². The first-order valence-electron chi connectivity index (χ1n) is 6.22. The second-order valence-corrected chi connectivity index (χ2v) is 7.38. The van der Waals surface area contributed by atoms with Crippen molar-refractivity contribution >= 4 is 21.4 Å². The Kier molecular flexibility index (Phi) is 5.73. The molecule has 3 atom stereocenters. The monoisotopic (exact) mass is 303 g/mol. The van der Waals surface area contributed by atoms with Gasteiger partial charge in [-0.2, -0.15) is 0 Å². The quantitative estimate of drug-likeness (QED) is 0.759. The standard InChI is InChI=1S/C13H21NO3S2/c1-4-6-11(15)12(9(3)5-2)10-7-8-18-13(10)19(14,16)17/h4,7-9,11-12,15H,1,5-6H2,2-3H3,(H2,14,16,17)/t9-,11+,12-/m0/s1. The SMILES string of the molecule is C=CC[C@@H](O)[C@H](c1ccsc1S(N)(=O)=O)[C@@H](C)CC. The summed E-state index contributed by atoms with van der Waals surface area (Å²) in [6, 6.07) is 1.74. The molecule has 0 bridgehead atoms. The van der Waals surface area contributed by atoms with Gasteiger partial charge >= 0.3 is 0 Å². The van der Waals surface area contributed by atoms with Gasteiger partial charge in [0.1, 0.15) is 4.21 Å². The number of hydrogen-bond donors (Lipinski definition) is 2. The number of sulfonamides is 1. The molecule has 0 amide bonds. The van der Waals surface area contributed by atoms with Crippen LogP contribution in [0.3, 0.4) is 0 Å². The van der Waals surface area contributed by atoms with E-state index in [-0.39, 0.29) is 16.0 Å². The highest BCUT2D eigenvalue weighted by Crippen LogP contribution is 2.37. The Balaban J connectivity index is 3.26. The largest absolute Gasteiger partial charge is 0.392 e. The molecule has 1 aromatic heterocycles. The summed E-state index contributed by atoms with van der Waals surface area (Å²) in [6.45, 7) is 7.64. The minimum atomic E-state index is -3.74. The molecule has 19 heavy (non-hydrogen) atoms. The number of hydrogen-bond acceptors (Lipinski definition) is 4. The molecule has 1 rings (SSSR count). The van der Waals surface area contributed by atoms with Crippen molar-refractivity contribution in [1.29, 1.82) is 0 Å². The molecule has 0 radical (unpaired) electrons. The fourth-order valence-electron chi connectivity index (χ4n) is 2.25. The third-order valence-corrected chi connectivity index (χ3v) is 5.82. The van der Waals surface area contributed by atoms with E-state index in [0.29, 0.717) is 12.0 Å². The molecule has 0 spiro atoms. The molecular weight excluding hydrogens is 282 g/mol. The van der Waals surface area contributed by atoms with Gasteiger partial charge in [-0.15, -0.1) is 17.9 Å². The van der Waals surface area contributed by atoms with Crippen LogP contribution in [0.5, 0.6) is 0 Å². The van der Waals surface area contributed by atoms with E-state index in [1.165, 1.54) is 0 Å². The van der Waals surface area contributed by atoms with Crippen molar-refractivity contribution in [2.45, 2.75) is 42.9 Å². The van der Waals surface area contributed by atoms with Crippen molar-refractivity contribution in [2.24, 2.45) is 11.1 Å². The molecule has 4 nitrogen and oxygen atoms in total. The summed E-state index contributed by atoms with van der Waals surface area (Å²) < 4.78 is 23.3. The Bertz CT molecular complexity index is 522. The molecule has 1 aromatic rings. The number of nitrogens with two attached hydrogens (primary N) is 1. The van der Waals surface area contributed by atoms with Crippen molar-refractivity contribution in [2.75, 3.05) is 0 Å². The summed E-state index contributed by atoms with van der Waals surface area (Å²) in [5.41, 5.74) is 0.621. The fourth-order valence-corrected chi connectivity index (χ4v) is 4.16. The second-order valence-electron chi connectivity index (χ2n) is 4.71. The molecule has 108 valence electrons. The number of rotatable bonds is 7. The van der Waals surface area contributed by atoms with E-state index in [0.717, 1.165) is 17.8 Å². The predicted molar refractivity (Wildman–Crippen MR) is 78.7 cm³/mol. The molecule has 0 aliphatic heterocycles. The number of primary sulfonamides is 1. The van der Waals surface area contributed by atoms with Gasteiger partial charge in [-0.05, 0) is 29.3 Å². The van der Waals surface area contributed by atoms with Crippen molar-refractivity contribution in [3.63, 3.8) is 0 Å². The van der Waals surface area contributed by atoms with Gasteiger partial charge in [-0.25, -0.2) is 13.6 Å². The number of aliphatic hydroxyl groups is 1. The van der Waals surface area contributed by atoms with Gasteiger partial charge in [0.25, 0.3) is 0 Å². The Labute approximate surface area is 119 Å². The zero-order valence-electron chi connectivity index (χ0n) is 11.2. The van der Waals surface area contributed by atoms with Crippen molar-refractivity contribution in [3.05, 3.63) is 29.7 Å². The van der Waals surface area contributed by atoms with E-state index >= 15 is 0 Å². The van der Waals surface area contributed by atoms with E-state index in [4.69, 9.17) is 5.14 Å². The Morgan fingerprint density at radius 1 is 1.58 bits per heavy atom. The zero-order chi connectivity index (χ0) is 14.6. The maximum absolute atomic E-state index is 11.6. The molecule has 1 heterocycles. The Morgan fingerprint density at radius 2 is 2.21 bits per heavy atom. The maximum atomic E-state index is 11.6. The van der Waals surface area contributed by atoms with Crippen LogP contribution in [0.2, 0.25) is 0 Å². The molecule has 0 aliphatic carbocycles. The average Bonchev–Trinajstić information content (AvgIpc) is 2.78. The summed E-state index contributed by atoms with van der Waals surface area (Å²) >= 11 is 1.10. The summed E-state index contributed by atoms with van der Waals surface area (Å²) in [4.78, 5) is 0. The number of aliphatic hydroxyl groups excluding tert-OH is 1. The normalized spacial score (nSPS) is 16.8. The van der Waals surface area contributed by atoms with Gasteiger partial charge in [0, 0.05) is 5.92 Å². The van der Waals surface area contributed by atoms with Crippen molar-refractivity contribution in [3.8, 4) is 0 Å². The minimum absolute atomic E-state index is 0.154. The van der Waals surface area contributed by atoms with Crippen LogP contribution in [-0.4, -0.2) is 19.6 Å². The van der Waals surface area contributed by atoms with E-state index in [1.807, 2.05) is 13.8 Å². The molecule has 6 heteroatoms. The predicted octanol–water partition coefficient (Wildman–Crippen LogP) is 2.46. The topological polar surface area (TPSA) is 80.4 Å². The van der Waals surface area contributed by atoms with Gasteiger partial charge in [-0.3, -0.25) is 0 Å². The first-order valence-corrected chi connectivity index (χ1v) is 8.64. The number of thiophene rings is 1. The molecule has 0 unspecified atom stereocenters. The summed E-state index contributed by atoms with van der Waals surface area (Å²) in [7, 11) is -3.74. The van der Waals surface area contributed by atoms with Gasteiger partial charge in [0.05, 0.1) is 6.10 Å². The molecule has 0 saturated heterocycles.